The van der Waals surface area contributed by atoms with Gasteiger partial charge in [0.1, 0.15) is 15.6 Å². The van der Waals surface area contributed by atoms with Gasteiger partial charge in [0.25, 0.3) is 0 Å². The van der Waals surface area contributed by atoms with Gasteiger partial charge in [-0.2, -0.15) is 11.8 Å². The van der Waals surface area contributed by atoms with E-state index >= 15 is 0 Å². The Morgan fingerprint density at radius 3 is 2.67 bits per heavy atom. The third-order valence-corrected chi connectivity index (χ3v) is 4.79. The van der Waals surface area contributed by atoms with Gasteiger partial charge in [-0.05, 0) is 12.1 Å². The molecule has 3 N–H and O–H groups in total. The van der Waals surface area contributed by atoms with E-state index < -0.39 is 9.84 Å². The van der Waals surface area contributed by atoms with Crippen molar-refractivity contribution in [2.75, 3.05) is 41.7 Å². The summed E-state index contributed by atoms with van der Waals surface area (Å²) >= 11 is 1.44. The van der Waals surface area contributed by atoms with Crippen molar-refractivity contribution in [2.45, 2.75) is 6.42 Å². The summed E-state index contributed by atoms with van der Waals surface area (Å²) in [6, 6.07) is 5.03. The van der Waals surface area contributed by atoms with E-state index in [0.29, 0.717) is 35.1 Å². The van der Waals surface area contributed by atoms with Gasteiger partial charge in [0.2, 0.25) is 5.91 Å². The molecule has 0 atom stereocenters. The van der Waals surface area contributed by atoms with Gasteiger partial charge in [0.15, 0.2) is 0 Å². The molecule has 118 valence electrons. The average Bonchev–Trinajstić information content (AvgIpc) is 2.39. The largest absolute Gasteiger partial charge is 0.497 e. The Morgan fingerprint density at radius 1 is 1.38 bits per heavy atom. The lowest BCUT2D eigenvalue weighted by Gasteiger charge is -2.09. The zero-order chi connectivity index (χ0) is 15.9. The van der Waals surface area contributed by atoms with Crippen LogP contribution in [-0.2, 0) is 14.6 Å². The molecule has 1 amide bonds. The minimum atomic E-state index is -2.94. The predicted octanol–water partition coefficient (Wildman–Crippen LogP) is 1.38. The number of thioether (sulfide) groups is 1. The van der Waals surface area contributed by atoms with Crippen LogP contribution in [0.15, 0.2) is 18.2 Å². The highest BCUT2D eigenvalue weighted by molar-refractivity contribution is 8.00. The Kier molecular flexibility index (Phi) is 6.83. The highest BCUT2D eigenvalue weighted by Crippen LogP contribution is 2.24. The number of hydrogen-bond donors (Lipinski definition) is 2. The number of carbonyl (C=O) groups is 1. The van der Waals surface area contributed by atoms with E-state index in [1.807, 2.05) is 0 Å². The molecule has 0 aliphatic carbocycles. The van der Waals surface area contributed by atoms with E-state index in [2.05, 4.69) is 5.32 Å². The molecule has 0 spiro atoms. The van der Waals surface area contributed by atoms with Crippen molar-refractivity contribution in [1.29, 1.82) is 0 Å². The maximum absolute atomic E-state index is 11.7. The third-order valence-electron chi connectivity index (χ3n) is 2.60. The summed E-state index contributed by atoms with van der Waals surface area (Å²) in [6.45, 7) is 0. The molecular weight excluding hydrogens is 312 g/mol. The highest BCUT2D eigenvalue weighted by atomic mass is 32.2. The first-order valence-corrected chi connectivity index (χ1v) is 9.52. The van der Waals surface area contributed by atoms with E-state index in [0.717, 1.165) is 0 Å². The van der Waals surface area contributed by atoms with Gasteiger partial charge in [-0.3, -0.25) is 4.79 Å². The Balaban J connectivity index is 2.34. The van der Waals surface area contributed by atoms with Crippen molar-refractivity contribution in [2.24, 2.45) is 0 Å². The minimum absolute atomic E-state index is 0.130. The zero-order valence-electron chi connectivity index (χ0n) is 12.1. The van der Waals surface area contributed by atoms with Crippen LogP contribution in [0.3, 0.4) is 0 Å². The van der Waals surface area contributed by atoms with Crippen LogP contribution in [0.5, 0.6) is 5.75 Å². The van der Waals surface area contributed by atoms with Crippen molar-refractivity contribution in [1.82, 2.24) is 0 Å². The molecule has 0 unspecified atom stereocenters. The summed E-state index contributed by atoms with van der Waals surface area (Å²) in [7, 11) is -1.39. The number of rotatable bonds is 8. The van der Waals surface area contributed by atoms with E-state index in [1.165, 1.54) is 18.0 Å². The number of methoxy groups -OCH3 is 1. The maximum atomic E-state index is 11.7. The van der Waals surface area contributed by atoms with E-state index in [-0.39, 0.29) is 11.7 Å². The molecule has 0 fully saturated rings. The molecule has 21 heavy (non-hydrogen) atoms. The number of nitrogen functional groups attached to an aromatic ring is 1. The number of hydrogen-bond acceptors (Lipinski definition) is 6. The summed E-state index contributed by atoms with van der Waals surface area (Å²) in [5, 5.41) is 2.72. The first kappa shape index (κ1) is 17.6. The number of anilines is 2. The molecule has 8 heteroatoms. The number of amides is 1. The number of ether oxygens (including phenoxy) is 1. The fraction of sp³-hybridized carbons (Fsp3) is 0.462. The van der Waals surface area contributed by atoms with Crippen LogP contribution in [0.25, 0.3) is 0 Å². The van der Waals surface area contributed by atoms with E-state index in [4.69, 9.17) is 10.5 Å². The van der Waals surface area contributed by atoms with Crippen molar-refractivity contribution < 1.29 is 17.9 Å². The molecule has 0 saturated carbocycles. The molecule has 1 aromatic rings. The molecule has 0 aliphatic rings. The molecule has 0 bridgehead atoms. The molecule has 0 aromatic heterocycles. The van der Waals surface area contributed by atoms with Crippen molar-refractivity contribution in [3.05, 3.63) is 18.2 Å². The summed E-state index contributed by atoms with van der Waals surface area (Å²) < 4.78 is 26.9. The summed E-state index contributed by atoms with van der Waals surface area (Å²) in [4.78, 5) is 11.7. The Hall–Kier alpha value is -1.41. The van der Waals surface area contributed by atoms with Crippen LogP contribution in [-0.4, -0.2) is 44.9 Å². The van der Waals surface area contributed by atoms with Crippen molar-refractivity contribution >= 4 is 38.9 Å². The van der Waals surface area contributed by atoms with Crippen LogP contribution >= 0.6 is 11.8 Å². The van der Waals surface area contributed by atoms with E-state index in [9.17, 15) is 13.2 Å². The van der Waals surface area contributed by atoms with Gasteiger partial charge >= 0.3 is 0 Å². The second kappa shape index (κ2) is 8.14. The van der Waals surface area contributed by atoms with Gasteiger partial charge in [-0.15, -0.1) is 0 Å². The molecule has 0 radical (unpaired) electrons. The lowest BCUT2D eigenvalue weighted by atomic mass is 10.2. The molecule has 0 saturated heterocycles. The topological polar surface area (TPSA) is 98.5 Å². The van der Waals surface area contributed by atoms with E-state index in [1.54, 1.807) is 25.3 Å². The molecular formula is C13H20N2O4S2. The van der Waals surface area contributed by atoms with Crippen LogP contribution < -0.4 is 15.8 Å². The van der Waals surface area contributed by atoms with Crippen molar-refractivity contribution in [3.63, 3.8) is 0 Å². The van der Waals surface area contributed by atoms with Crippen LogP contribution in [0, 0.1) is 0 Å². The summed E-state index contributed by atoms with van der Waals surface area (Å²) in [5.41, 5.74) is 6.78. The van der Waals surface area contributed by atoms with Crippen molar-refractivity contribution in [3.8, 4) is 5.75 Å². The Morgan fingerprint density at radius 2 is 2.10 bits per heavy atom. The molecule has 1 rings (SSSR count). The number of benzene rings is 1. The van der Waals surface area contributed by atoms with Crippen LogP contribution in [0.1, 0.15) is 6.42 Å². The number of carbonyl (C=O) groups excluding carboxylic acids is 1. The standard InChI is InChI=1S/C13H20N2O4S2/c1-19-10-3-4-12(11(14)9-10)15-13(16)5-6-20-7-8-21(2,17)18/h3-4,9H,5-8,14H2,1-2H3,(H,15,16). The van der Waals surface area contributed by atoms with Crippen LogP contribution in [0.4, 0.5) is 11.4 Å². The SMILES string of the molecule is COc1ccc(NC(=O)CCSCCS(C)(=O)=O)c(N)c1. The normalized spacial score (nSPS) is 11.1. The summed E-state index contributed by atoms with van der Waals surface area (Å²) in [6.07, 6.45) is 1.51. The minimum Gasteiger partial charge on any atom is -0.497 e. The fourth-order valence-electron chi connectivity index (χ4n) is 1.47. The van der Waals surface area contributed by atoms with Gasteiger partial charge in [-0.1, -0.05) is 0 Å². The smallest absolute Gasteiger partial charge is 0.225 e. The molecule has 6 nitrogen and oxygen atoms in total. The van der Waals surface area contributed by atoms with Gasteiger partial charge in [0, 0.05) is 30.2 Å². The quantitative estimate of drug-likeness (QED) is 0.551. The molecule has 0 heterocycles. The highest BCUT2D eigenvalue weighted by Gasteiger charge is 2.07. The molecule has 0 aliphatic heterocycles. The monoisotopic (exact) mass is 332 g/mol. The number of nitrogens with one attached hydrogen (secondary N) is 1. The Bertz CT molecular complexity index is 588. The van der Waals surface area contributed by atoms with Gasteiger partial charge in [0.05, 0.1) is 24.2 Å². The predicted molar refractivity (Wildman–Crippen MR) is 87.7 cm³/mol. The van der Waals surface area contributed by atoms with Gasteiger partial charge < -0.3 is 15.8 Å². The lowest BCUT2D eigenvalue weighted by molar-refractivity contribution is -0.115. The average molecular weight is 332 g/mol. The lowest BCUT2D eigenvalue weighted by Crippen LogP contribution is -2.14. The second-order valence-electron chi connectivity index (χ2n) is 4.49. The zero-order valence-corrected chi connectivity index (χ0v) is 13.7. The third kappa shape index (κ3) is 7.24. The van der Waals surface area contributed by atoms with Gasteiger partial charge in [-0.25, -0.2) is 8.42 Å². The molecule has 1 aromatic carbocycles. The number of nitrogens with two attached hydrogens (primary N) is 1. The van der Waals surface area contributed by atoms with Crippen LogP contribution in [0.2, 0.25) is 0 Å². The second-order valence-corrected chi connectivity index (χ2v) is 7.98. The fourth-order valence-corrected chi connectivity index (χ4v) is 3.69. The summed E-state index contributed by atoms with van der Waals surface area (Å²) in [5.74, 6) is 1.67. The first-order chi connectivity index (χ1) is 9.81. The first-order valence-electron chi connectivity index (χ1n) is 6.30. The number of sulfone groups is 1. The maximum Gasteiger partial charge on any atom is 0.225 e. The Labute approximate surface area is 129 Å².